The van der Waals surface area contributed by atoms with Crippen molar-refractivity contribution in [3.05, 3.63) is 228 Å². The molecule has 0 amide bonds. The molecule has 0 atom stereocenters. The van der Waals surface area contributed by atoms with Crippen LogP contribution in [0.5, 0.6) is 0 Å². The molecular weight excluding hydrogens is 717 g/mol. The fraction of sp³-hybridized carbons (Fsp3) is 0.109. The highest BCUT2D eigenvalue weighted by Gasteiger charge is 2.39. The number of anilines is 3. The van der Waals surface area contributed by atoms with Gasteiger partial charge in [-0.05, 0) is 103 Å². The Balaban J connectivity index is 1.10. The summed E-state index contributed by atoms with van der Waals surface area (Å²) in [6.45, 7) is 9.42. The third-order valence-corrected chi connectivity index (χ3v) is 17.3. The summed E-state index contributed by atoms with van der Waals surface area (Å²) in [5.74, 6) is 0. The number of aromatic nitrogens is 1. The van der Waals surface area contributed by atoms with Crippen molar-refractivity contribution in [1.82, 2.24) is 4.98 Å². The molecule has 0 bridgehead atoms. The normalized spacial score (nSPS) is 14.4. The van der Waals surface area contributed by atoms with Gasteiger partial charge >= 0.3 is 0 Å². The molecular formula is C55H46N2Si. The molecule has 280 valence electrons. The number of fused-ring (bicyclic) bond motifs is 6. The van der Waals surface area contributed by atoms with Crippen LogP contribution in [0.25, 0.3) is 28.3 Å². The number of pyridine rings is 1. The first kappa shape index (κ1) is 35.8. The number of hydrogen-bond acceptors (Lipinski definition) is 2. The fourth-order valence-electron chi connectivity index (χ4n) is 9.84. The molecule has 3 heteroatoms. The monoisotopic (exact) mass is 762 g/mol. The van der Waals surface area contributed by atoms with Gasteiger partial charge in [0.2, 0.25) is 0 Å². The van der Waals surface area contributed by atoms with E-state index in [4.69, 9.17) is 4.98 Å². The summed E-state index contributed by atoms with van der Waals surface area (Å²) in [7, 11) is -2.58. The van der Waals surface area contributed by atoms with Crippen molar-refractivity contribution in [1.29, 1.82) is 0 Å². The molecule has 2 aliphatic carbocycles. The van der Waals surface area contributed by atoms with Gasteiger partial charge in [0.1, 0.15) is 0 Å². The van der Waals surface area contributed by atoms with E-state index in [0.29, 0.717) is 0 Å². The first-order valence-corrected chi connectivity index (χ1v) is 22.5. The maximum atomic E-state index is 5.20. The van der Waals surface area contributed by atoms with Crippen LogP contribution in [0, 0.1) is 0 Å². The Kier molecular flexibility index (Phi) is 8.54. The first-order chi connectivity index (χ1) is 28.3. The largest absolute Gasteiger partial charge is 0.309 e. The van der Waals surface area contributed by atoms with Gasteiger partial charge in [-0.1, -0.05) is 185 Å². The van der Waals surface area contributed by atoms with Gasteiger partial charge in [-0.2, -0.15) is 0 Å². The minimum atomic E-state index is -2.58. The summed E-state index contributed by atoms with van der Waals surface area (Å²) < 4.78 is 0. The molecule has 0 fully saturated rings. The third-order valence-electron chi connectivity index (χ3n) is 12.9. The van der Waals surface area contributed by atoms with Gasteiger partial charge in [0.25, 0.3) is 0 Å². The molecule has 0 aliphatic heterocycles. The minimum absolute atomic E-state index is 0.116. The summed E-state index contributed by atoms with van der Waals surface area (Å²) in [6, 6.07) is 69.2. The second kappa shape index (κ2) is 13.8. The summed E-state index contributed by atoms with van der Waals surface area (Å²) in [5.41, 5.74) is 17.2. The molecule has 10 rings (SSSR count). The van der Waals surface area contributed by atoms with Gasteiger partial charge in [-0.3, -0.25) is 4.98 Å². The topological polar surface area (TPSA) is 16.1 Å². The van der Waals surface area contributed by atoms with Crippen molar-refractivity contribution in [2.75, 3.05) is 4.90 Å². The summed E-state index contributed by atoms with van der Waals surface area (Å²) in [4.78, 5) is 7.59. The highest BCUT2D eigenvalue weighted by atomic mass is 28.3. The van der Waals surface area contributed by atoms with Crippen LogP contribution in [0.1, 0.15) is 55.6 Å². The van der Waals surface area contributed by atoms with Crippen molar-refractivity contribution < 1.29 is 0 Å². The molecule has 58 heavy (non-hydrogen) atoms. The Hall–Kier alpha value is -6.55. The van der Waals surface area contributed by atoms with Crippen LogP contribution in [0.3, 0.4) is 0 Å². The maximum absolute atomic E-state index is 5.20. The molecule has 0 saturated heterocycles. The average Bonchev–Trinajstić information content (AvgIpc) is 3.64. The molecule has 0 saturated carbocycles. The second-order valence-electron chi connectivity index (χ2n) is 16.8. The van der Waals surface area contributed by atoms with Gasteiger partial charge in [0, 0.05) is 22.2 Å². The van der Waals surface area contributed by atoms with Crippen molar-refractivity contribution in [3.63, 3.8) is 0 Å². The lowest BCUT2D eigenvalue weighted by atomic mass is 9.82. The van der Waals surface area contributed by atoms with E-state index >= 15 is 0 Å². The van der Waals surface area contributed by atoms with Crippen LogP contribution in [-0.2, 0) is 10.8 Å². The van der Waals surface area contributed by atoms with Gasteiger partial charge in [-0.25, -0.2) is 0 Å². The van der Waals surface area contributed by atoms with Gasteiger partial charge in [-0.15, -0.1) is 0 Å². The predicted octanol–water partition coefficient (Wildman–Crippen LogP) is 11.9. The van der Waals surface area contributed by atoms with E-state index in [2.05, 4.69) is 239 Å². The minimum Gasteiger partial charge on any atom is -0.309 e. The molecule has 1 heterocycles. The number of rotatable bonds is 8. The quantitative estimate of drug-likeness (QED) is 0.113. The Bertz CT molecular complexity index is 2620. The lowest BCUT2D eigenvalue weighted by Crippen LogP contribution is -2.66. The van der Waals surface area contributed by atoms with Crippen molar-refractivity contribution >= 4 is 46.8 Å². The summed E-state index contributed by atoms with van der Waals surface area (Å²) >= 11 is 0. The maximum Gasteiger partial charge on any atom is 0.172 e. The zero-order chi connectivity index (χ0) is 39.5. The fourth-order valence-corrected chi connectivity index (χ4v) is 14.0. The Morgan fingerprint density at radius 2 is 0.810 bits per heavy atom. The molecule has 1 aromatic heterocycles. The number of benzene rings is 7. The van der Waals surface area contributed by atoms with Crippen LogP contribution >= 0.6 is 0 Å². The van der Waals surface area contributed by atoms with Crippen LogP contribution in [0.15, 0.2) is 200 Å². The van der Waals surface area contributed by atoms with Crippen LogP contribution in [-0.4, -0.2) is 13.1 Å². The van der Waals surface area contributed by atoms with Crippen molar-refractivity contribution in [2.45, 2.75) is 38.5 Å². The van der Waals surface area contributed by atoms with E-state index in [1.165, 1.54) is 60.1 Å². The summed E-state index contributed by atoms with van der Waals surface area (Å²) in [5, 5.41) is 4.03. The Labute approximate surface area is 343 Å². The average molecular weight is 763 g/mol. The zero-order valence-electron chi connectivity index (χ0n) is 33.5. The highest BCUT2D eigenvalue weighted by Crippen LogP contribution is 2.53. The standard InChI is InChI=1S/C55H46N2Si/c1-54(2)50-26-16-14-24-46(50)48-32-30-40(36-52(48)54)57(41-31-33-49-47-25-15-17-27-51(47)55(3,4)53(49)37-41)42-29-28-39(56-38-42)34-35-58(43-18-8-5-9-19-43,44-20-10-6-11-21-44)45-22-12-7-13-23-45/h5-38H,1-4H3. The van der Waals surface area contributed by atoms with Crippen molar-refractivity contribution in [2.24, 2.45) is 0 Å². The molecule has 7 aromatic carbocycles. The molecule has 0 N–H and O–H groups in total. The predicted molar refractivity (Wildman–Crippen MR) is 247 cm³/mol. The molecule has 2 aliphatic rings. The van der Waals surface area contributed by atoms with Crippen molar-refractivity contribution in [3.8, 4) is 22.3 Å². The smallest absolute Gasteiger partial charge is 0.172 e. The molecule has 0 unspecified atom stereocenters. The van der Waals surface area contributed by atoms with Crippen LogP contribution < -0.4 is 20.5 Å². The Morgan fingerprint density at radius 3 is 1.24 bits per heavy atom. The second-order valence-corrected chi connectivity index (χ2v) is 20.5. The molecule has 0 radical (unpaired) electrons. The number of hydrogen-bond donors (Lipinski definition) is 0. The molecule has 0 spiro atoms. The third kappa shape index (κ3) is 5.64. The van der Waals surface area contributed by atoms with Gasteiger partial charge < -0.3 is 4.90 Å². The van der Waals surface area contributed by atoms with E-state index in [9.17, 15) is 0 Å². The van der Waals surface area contributed by atoms with E-state index in [-0.39, 0.29) is 10.8 Å². The highest BCUT2D eigenvalue weighted by molar-refractivity contribution is 7.15. The molecule has 8 aromatic rings. The SMILES string of the molecule is CC1(C)c2ccccc2-c2ccc(N(c3ccc(C=C[Si](c4ccccc4)(c4ccccc4)c4ccccc4)nc3)c3ccc4c(c3)C(C)(C)c3ccccc3-4)cc21. The van der Waals surface area contributed by atoms with Crippen LogP contribution in [0.4, 0.5) is 17.1 Å². The zero-order valence-corrected chi connectivity index (χ0v) is 34.5. The summed E-state index contributed by atoms with van der Waals surface area (Å²) in [6.07, 6.45) is 4.30. The van der Waals surface area contributed by atoms with E-state index in [1.807, 2.05) is 0 Å². The van der Waals surface area contributed by atoms with E-state index in [1.54, 1.807) is 0 Å². The van der Waals surface area contributed by atoms with E-state index in [0.717, 1.165) is 22.8 Å². The molecule has 2 nitrogen and oxygen atoms in total. The van der Waals surface area contributed by atoms with Gasteiger partial charge in [0.05, 0.1) is 17.6 Å². The Morgan fingerprint density at radius 1 is 0.414 bits per heavy atom. The lowest BCUT2D eigenvalue weighted by molar-refractivity contribution is 0.660. The lowest BCUT2D eigenvalue weighted by Gasteiger charge is -2.31. The first-order valence-electron chi connectivity index (χ1n) is 20.4. The van der Waals surface area contributed by atoms with E-state index < -0.39 is 8.07 Å². The van der Waals surface area contributed by atoms with Gasteiger partial charge in [0.15, 0.2) is 8.07 Å². The number of nitrogens with zero attached hydrogens (tertiary/aromatic N) is 2. The van der Waals surface area contributed by atoms with Crippen LogP contribution in [0.2, 0.25) is 0 Å².